The third kappa shape index (κ3) is 4.00. The van der Waals surface area contributed by atoms with Gasteiger partial charge in [-0.3, -0.25) is 0 Å². The van der Waals surface area contributed by atoms with Crippen LogP contribution in [0.5, 0.6) is 5.75 Å². The first-order chi connectivity index (χ1) is 9.11. The summed E-state index contributed by atoms with van der Waals surface area (Å²) < 4.78 is 28.4. The molecule has 0 heterocycles. The van der Waals surface area contributed by atoms with E-state index in [1.807, 2.05) is 6.07 Å². The molecule has 1 aliphatic rings. The summed E-state index contributed by atoms with van der Waals surface area (Å²) in [5.74, 6) is 2.89. The lowest BCUT2D eigenvalue weighted by Gasteiger charge is -2.08. The van der Waals surface area contributed by atoms with E-state index < -0.39 is 9.84 Å². The molecule has 2 rings (SSSR count). The van der Waals surface area contributed by atoms with Crippen LogP contribution in [0, 0.1) is 12.3 Å². The first-order valence-corrected chi connectivity index (χ1v) is 8.31. The predicted octanol–water partition coefficient (Wildman–Crippen LogP) is 1.99. The minimum atomic E-state index is -3.11. The second-order valence-corrected chi connectivity index (χ2v) is 6.97. The molecule has 0 N–H and O–H groups in total. The molecule has 0 atom stereocenters. The van der Waals surface area contributed by atoms with Gasteiger partial charge in [-0.2, -0.15) is 0 Å². The summed E-state index contributed by atoms with van der Waals surface area (Å²) >= 11 is 0. The monoisotopic (exact) mass is 278 g/mol. The second-order valence-electron chi connectivity index (χ2n) is 4.78. The van der Waals surface area contributed by atoms with Gasteiger partial charge in [-0.25, -0.2) is 8.42 Å². The number of fused-ring (bicyclic) bond motifs is 1. The van der Waals surface area contributed by atoms with Crippen LogP contribution in [0.2, 0.25) is 0 Å². The van der Waals surface area contributed by atoms with Gasteiger partial charge in [0.15, 0.2) is 9.84 Å². The fourth-order valence-electron chi connectivity index (χ4n) is 2.31. The summed E-state index contributed by atoms with van der Waals surface area (Å²) in [5, 5.41) is 0. The van der Waals surface area contributed by atoms with Crippen LogP contribution < -0.4 is 4.74 Å². The van der Waals surface area contributed by atoms with Crippen LogP contribution in [0.15, 0.2) is 18.2 Å². The molecule has 0 unspecified atom stereocenters. The predicted molar refractivity (Wildman–Crippen MR) is 76.1 cm³/mol. The van der Waals surface area contributed by atoms with Gasteiger partial charge in [0.25, 0.3) is 0 Å². The topological polar surface area (TPSA) is 43.4 Å². The number of rotatable bonds is 6. The number of ether oxygens (including phenoxy) is 1. The Labute approximate surface area is 114 Å². The van der Waals surface area contributed by atoms with Crippen molar-refractivity contribution in [1.29, 1.82) is 0 Å². The van der Waals surface area contributed by atoms with Crippen LogP contribution in [-0.2, 0) is 22.7 Å². The van der Waals surface area contributed by atoms with Crippen LogP contribution >= 0.6 is 0 Å². The second kappa shape index (κ2) is 6.12. The first kappa shape index (κ1) is 14.0. The Morgan fingerprint density at radius 1 is 1.26 bits per heavy atom. The van der Waals surface area contributed by atoms with Gasteiger partial charge in [0.05, 0.1) is 12.4 Å². The highest BCUT2D eigenvalue weighted by Gasteiger charge is 2.12. The van der Waals surface area contributed by atoms with Crippen molar-refractivity contribution in [2.24, 2.45) is 0 Å². The minimum absolute atomic E-state index is 0.0855. The molecule has 3 nitrogen and oxygen atoms in total. The zero-order valence-electron chi connectivity index (χ0n) is 10.9. The Hall–Kier alpha value is -1.47. The lowest BCUT2D eigenvalue weighted by molar-refractivity contribution is 0.317. The van der Waals surface area contributed by atoms with Gasteiger partial charge in [-0.05, 0) is 48.9 Å². The molecular weight excluding hydrogens is 260 g/mol. The van der Waals surface area contributed by atoms with Gasteiger partial charge >= 0.3 is 0 Å². The summed E-state index contributed by atoms with van der Waals surface area (Å²) in [4.78, 5) is 0. The highest BCUT2D eigenvalue weighted by molar-refractivity contribution is 7.91. The van der Waals surface area contributed by atoms with Gasteiger partial charge in [-0.15, -0.1) is 6.42 Å². The maximum absolute atomic E-state index is 11.4. The fraction of sp³-hybridized carbons (Fsp3) is 0.467. The van der Waals surface area contributed by atoms with Crippen LogP contribution in [-0.4, -0.2) is 26.5 Å². The van der Waals surface area contributed by atoms with Crippen molar-refractivity contribution in [3.8, 4) is 18.1 Å². The molecule has 0 bridgehead atoms. The van der Waals surface area contributed by atoms with Crippen LogP contribution in [0.1, 0.15) is 24.0 Å². The molecule has 0 fully saturated rings. The molecule has 19 heavy (non-hydrogen) atoms. The number of aryl methyl sites for hydroxylation is 2. The molecule has 0 aromatic heterocycles. The maximum atomic E-state index is 11.4. The normalized spacial score (nSPS) is 13.8. The summed E-state index contributed by atoms with van der Waals surface area (Å²) in [7, 11) is -3.11. The Bertz CT molecular complexity index is 582. The number of hydrogen-bond donors (Lipinski definition) is 0. The van der Waals surface area contributed by atoms with Gasteiger partial charge in [0.1, 0.15) is 11.5 Å². The lowest BCUT2D eigenvalue weighted by atomic mass is 10.1. The Kier molecular flexibility index (Phi) is 4.49. The largest absolute Gasteiger partial charge is 0.494 e. The van der Waals surface area contributed by atoms with E-state index in [-0.39, 0.29) is 11.5 Å². The zero-order valence-corrected chi connectivity index (χ0v) is 11.7. The van der Waals surface area contributed by atoms with E-state index in [1.54, 1.807) is 0 Å². The Morgan fingerprint density at radius 2 is 2.05 bits per heavy atom. The average Bonchev–Trinajstić information content (AvgIpc) is 2.82. The minimum Gasteiger partial charge on any atom is -0.494 e. The van der Waals surface area contributed by atoms with Crippen molar-refractivity contribution in [3.05, 3.63) is 29.3 Å². The van der Waals surface area contributed by atoms with Gasteiger partial charge in [0.2, 0.25) is 0 Å². The van der Waals surface area contributed by atoms with Gasteiger partial charge in [-0.1, -0.05) is 12.0 Å². The Balaban J connectivity index is 1.79. The van der Waals surface area contributed by atoms with E-state index >= 15 is 0 Å². The fourth-order valence-corrected chi connectivity index (χ4v) is 3.26. The smallest absolute Gasteiger partial charge is 0.161 e. The number of terminal acetylenes is 1. The van der Waals surface area contributed by atoms with Crippen molar-refractivity contribution in [3.63, 3.8) is 0 Å². The average molecular weight is 278 g/mol. The third-order valence-corrected chi connectivity index (χ3v) is 4.76. The molecule has 102 valence electrons. The van der Waals surface area contributed by atoms with Crippen molar-refractivity contribution in [2.75, 3.05) is 18.1 Å². The van der Waals surface area contributed by atoms with Crippen molar-refractivity contribution < 1.29 is 13.2 Å². The molecule has 0 radical (unpaired) electrons. The molecule has 1 aromatic carbocycles. The molecule has 0 aliphatic heterocycles. The van der Waals surface area contributed by atoms with Crippen LogP contribution in [0.25, 0.3) is 0 Å². The zero-order chi connectivity index (χ0) is 13.7. The maximum Gasteiger partial charge on any atom is 0.161 e. The van der Waals surface area contributed by atoms with Crippen LogP contribution in [0.4, 0.5) is 0 Å². The molecule has 0 spiro atoms. The van der Waals surface area contributed by atoms with Gasteiger partial charge in [0, 0.05) is 0 Å². The number of sulfone groups is 1. The first-order valence-electron chi connectivity index (χ1n) is 6.49. The van der Waals surface area contributed by atoms with Crippen molar-refractivity contribution in [1.82, 2.24) is 0 Å². The molecule has 1 aromatic rings. The van der Waals surface area contributed by atoms with E-state index in [9.17, 15) is 8.42 Å². The van der Waals surface area contributed by atoms with E-state index in [1.165, 1.54) is 17.5 Å². The quantitative estimate of drug-likeness (QED) is 0.590. The highest BCUT2D eigenvalue weighted by Crippen LogP contribution is 2.26. The van der Waals surface area contributed by atoms with Gasteiger partial charge < -0.3 is 4.74 Å². The number of hydrogen-bond acceptors (Lipinski definition) is 3. The van der Waals surface area contributed by atoms with E-state index in [0.717, 1.165) is 18.6 Å². The van der Waals surface area contributed by atoms with Crippen LogP contribution in [0.3, 0.4) is 0 Å². The summed E-state index contributed by atoms with van der Waals surface area (Å²) in [6.07, 6.45) is 8.95. The molecular formula is C15H18O3S. The molecule has 1 aliphatic carbocycles. The lowest BCUT2D eigenvalue weighted by Crippen LogP contribution is -2.12. The van der Waals surface area contributed by atoms with E-state index in [0.29, 0.717) is 13.0 Å². The summed E-state index contributed by atoms with van der Waals surface area (Å²) in [6.45, 7) is 0.405. The highest BCUT2D eigenvalue weighted by atomic mass is 32.2. The summed E-state index contributed by atoms with van der Waals surface area (Å²) in [6, 6.07) is 6.13. The van der Waals surface area contributed by atoms with E-state index in [2.05, 4.69) is 18.1 Å². The SMILES string of the molecule is C#CCS(=O)(=O)CCCOc1ccc2c(c1)CCC2. The summed E-state index contributed by atoms with van der Waals surface area (Å²) in [5.41, 5.74) is 2.77. The third-order valence-electron chi connectivity index (χ3n) is 3.24. The van der Waals surface area contributed by atoms with Crippen molar-refractivity contribution in [2.45, 2.75) is 25.7 Å². The standard InChI is InChI=1S/C15H18O3S/c1-2-10-19(16,17)11-4-9-18-15-8-7-13-5-3-6-14(13)12-15/h1,7-8,12H,3-6,9-11H2. The molecule has 0 saturated carbocycles. The number of benzene rings is 1. The molecule has 4 heteroatoms. The molecule has 0 saturated heterocycles. The van der Waals surface area contributed by atoms with E-state index in [4.69, 9.17) is 11.2 Å². The van der Waals surface area contributed by atoms with Crippen molar-refractivity contribution >= 4 is 9.84 Å². The Morgan fingerprint density at radius 3 is 2.84 bits per heavy atom. The molecule has 0 amide bonds.